The average molecular weight is 1060 g/mol. The molecule has 0 saturated heterocycles. The van der Waals surface area contributed by atoms with Crippen molar-refractivity contribution in [2.24, 2.45) is 0 Å². The van der Waals surface area contributed by atoms with Crippen LogP contribution >= 0.6 is 23.1 Å². The number of benzene rings is 9. The molecule has 13 aromatic rings. The molecule has 2 unspecified atom stereocenters. The molecule has 374 valence electrons. The molecule has 0 bridgehead atoms. The molecular formula is C74H46N4S2. The molecular weight excluding hydrogens is 1010 g/mol. The van der Waals surface area contributed by atoms with Crippen molar-refractivity contribution in [1.82, 2.24) is 9.13 Å². The zero-order valence-electron chi connectivity index (χ0n) is 44.2. The monoisotopic (exact) mass is 1050 g/mol. The number of allylic oxidation sites excluding steroid dienone is 3. The smallest absolute Gasteiger partial charge is 0.101 e. The van der Waals surface area contributed by atoms with Crippen molar-refractivity contribution in [3.05, 3.63) is 245 Å². The zero-order valence-corrected chi connectivity index (χ0v) is 45.9. The van der Waals surface area contributed by atoms with Gasteiger partial charge in [-0.25, -0.2) is 0 Å². The topological polar surface area (TPSA) is 57.4 Å². The Labute approximate surface area is 471 Å². The molecule has 0 amide bonds. The van der Waals surface area contributed by atoms with Crippen LogP contribution in [-0.2, 0) is 10.8 Å². The Kier molecular flexibility index (Phi) is 9.20. The van der Waals surface area contributed by atoms with Crippen LogP contribution in [-0.4, -0.2) is 14.4 Å². The van der Waals surface area contributed by atoms with Crippen LogP contribution < -0.4 is 0 Å². The van der Waals surface area contributed by atoms with E-state index in [9.17, 15) is 10.5 Å². The Morgan fingerprint density at radius 3 is 1.76 bits per heavy atom. The predicted octanol–water partition coefficient (Wildman–Crippen LogP) is 19.2. The van der Waals surface area contributed by atoms with E-state index in [1.54, 1.807) is 0 Å². The summed E-state index contributed by atoms with van der Waals surface area (Å²) in [5.41, 5.74) is 21.3. The predicted molar refractivity (Wildman–Crippen MR) is 332 cm³/mol. The van der Waals surface area contributed by atoms with E-state index >= 15 is 0 Å². The maximum Gasteiger partial charge on any atom is 0.101 e. The fraction of sp³-hybridized carbons (Fsp3) is 0.108. The number of hydrogen-bond donors (Lipinski definition) is 0. The van der Waals surface area contributed by atoms with Crippen molar-refractivity contribution >= 4 is 86.9 Å². The summed E-state index contributed by atoms with van der Waals surface area (Å²) in [5, 5.41) is 30.5. The first-order valence-electron chi connectivity index (χ1n) is 27.4. The molecule has 3 aliphatic carbocycles. The molecule has 6 heteroatoms. The summed E-state index contributed by atoms with van der Waals surface area (Å²) in [6.45, 7) is 9.16. The van der Waals surface area contributed by atoms with E-state index in [1.807, 2.05) is 41.3 Å². The summed E-state index contributed by atoms with van der Waals surface area (Å²) >= 11 is 3.78. The van der Waals surface area contributed by atoms with Crippen LogP contribution in [0.3, 0.4) is 0 Å². The Morgan fingerprint density at radius 2 is 1.05 bits per heavy atom. The molecule has 17 rings (SSSR count). The van der Waals surface area contributed by atoms with E-state index in [1.165, 1.54) is 75.1 Å². The van der Waals surface area contributed by atoms with Gasteiger partial charge in [-0.1, -0.05) is 131 Å². The third-order valence-corrected chi connectivity index (χ3v) is 20.9. The number of nitrogens with zero attached hydrogens (tertiary/aromatic N) is 4. The van der Waals surface area contributed by atoms with E-state index in [2.05, 4.69) is 237 Å². The standard InChI is InChI=1S/C74H46N4S2/c1-73(2)59-17-9-5-13-47(59)51-35-55-53-29-41(43-23-27-71-57(31-43)49-15-7-11-19-69(49)79-71)21-25-63(53)77(67(55)37-61(51)73)65-33-46(40-76)66(34-45(65)39-75)78-64-26-22-42(44-24-28-72-58(32-44)50-16-8-12-20-70(50)80-72)30-54(64)56-36-52-48-14-6-10-18-60(48)74(3,4)62(52)38-68(56)78/h5-9,11-17,19-38,50,70H,1-4H3. The summed E-state index contributed by atoms with van der Waals surface area (Å²) in [7, 11) is 0. The summed E-state index contributed by atoms with van der Waals surface area (Å²) in [6.07, 6.45) is 9.00. The third-order valence-electron chi connectivity index (χ3n) is 18.4. The van der Waals surface area contributed by atoms with E-state index in [0.29, 0.717) is 33.7 Å². The maximum atomic E-state index is 11.6. The molecule has 0 spiro atoms. The highest BCUT2D eigenvalue weighted by molar-refractivity contribution is 8.00. The number of thiophene rings is 1. The molecule has 10 aromatic carbocycles. The lowest BCUT2D eigenvalue weighted by Gasteiger charge is -2.22. The molecule has 0 fully saturated rings. The van der Waals surface area contributed by atoms with Crippen LogP contribution in [0.5, 0.6) is 0 Å². The average Bonchev–Trinajstić information content (AvgIpc) is 4.51. The van der Waals surface area contributed by atoms with Crippen molar-refractivity contribution in [1.29, 1.82) is 10.5 Å². The van der Waals surface area contributed by atoms with Gasteiger partial charge >= 0.3 is 0 Å². The molecule has 4 nitrogen and oxygen atoms in total. The van der Waals surface area contributed by atoms with Crippen molar-refractivity contribution in [3.8, 4) is 68.0 Å². The Bertz CT molecular complexity index is 5150. The number of hydrogen-bond acceptors (Lipinski definition) is 4. The number of nitriles is 2. The second kappa shape index (κ2) is 16.1. The van der Waals surface area contributed by atoms with E-state index in [-0.39, 0.29) is 10.8 Å². The highest BCUT2D eigenvalue weighted by atomic mass is 32.2. The van der Waals surface area contributed by atoms with Crippen molar-refractivity contribution in [2.45, 2.75) is 54.6 Å². The van der Waals surface area contributed by atoms with Gasteiger partial charge in [0, 0.05) is 74.2 Å². The molecule has 1 aliphatic heterocycles. The third kappa shape index (κ3) is 6.12. The van der Waals surface area contributed by atoms with Crippen LogP contribution in [0.4, 0.5) is 0 Å². The van der Waals surface area contributed by atoms with Crippen molar-refractivity contribution < 1.29 is 0 Å². The first-order chi connectivity index (χ1) is 39.0. The molecule has 2 atom stereocenters. The first-order valence-corrected chi connectivity index (χ1v) is 29.1. The summed E-state index contributed by atoms with van der Waals surface area (Å²) < 4.78 is 7.05. The SMILES string of the molecule is CC1(C)c2c#cccc2-c2cc3c4cc(-c5ccc6c(c5)C5C=CC=CC5S6)ccc4n(-c4cc(C#N)c(-n5c6ccc(-c7ccc8sc9ccccc9c8c7)cc6c6cc7c(cc65)C(C)(C)c5ccccc5-7)cc4C#N)c3cc21. The summed E-state index contributed by atoms with van der Waals surface area (Å²) in [5.74, 6) is 0.352. The number of rotatable bonds is 4. The highest BCUT2D eigenvalue weighted by Crippen LogP contribution is 2.54. The van der Waals surface area contributed by atoms with Gasteiger partial charge in [0.05, 0.1) is 44.6 Å². The molecule has 80 heavy (non-hydrogen) atoms. The minimum absolute atomic E-state index is 0.263. The fourth-order valence-electron chi connectivity index (χ4n) is 14.4. The first kappa shape index (κ1) is 45.6. The quantitative estimate of drug-likeness (QED) is 0.176. The molecule has 4 aliphatic rings. The largest absolute Gasteiger partial charge is 0.308 e. The van der Waals surface area contributed by atoms with Crippen LogP contribution in [0.15, 0.2) is 199 Å². The van der Waals surface area contributed by atoms with Crippen LogP contribution in [0, 0.1) is 34.8 Å². The van der Waals surface area contributed by atoms with Gasteiger partial charge in [-0.2, -0.15) is 10.5 Å². The number of thioether (sulfide) groups is 1. The number of fused-ring (bicyclic) bond motifs is 18. The zero-order chi connectivity index (χ0) is 53.5. The minimum atomic E-state index is -0.344. The normalized spacial score (nSPS) is 16.7. The van der Waals surface area contributed by atoms with Gasteiger partial charge in [-0.15, -0.1) is 23.1 Å². The van der Waals surface area contributed by atoms with E-state index in [0.717, 1.165) is 65.9 Å². The lowest BCUT2D eigenvalue weighted by Crippen LogP contribution is -2.15. The van der Waals surface area contributed by atoms with Crippen LogP contribution in [0.25, 0.3) is 120 Å². The van der Waals surface area contributed by atoms with Crippen molar-refractivity contribution in [2.75, 3.05) is 0 Å². The second-order valence-electron chi connectivity index (χ2n) is 23.2. The summed E-state index contributed by atoms with van der Waals surface area (Å²) in [4.78, 5) is 1.34. The van der Waals surface area contributed by atoms with Gasteiger partial charge in [0.25, 0.3) is 0 Å². The molecule has 0 saturated carbocycles. The van der Waals surface area contributed by atoms with E-state index < -0.39 is 0 Å². The maximum absolute atomic E-state index is 11.6. The Balaban J connectivity index is 0.894. The minimum Gasteiger partial charge on any atom is -0.308 e. The van der Waals surface area contributed by atoms with Gasteiger partial charge in [-0.3, -0.25) is 0 Å². The van der Waals surface area contributed by atoms with Gasteiger partial charge in [0.1, 0.15) is 12.1 Å². The van der Waals surface area contributed by atoms with Crippen LogP contribution in [0.2, 0.25) is 0 Å². The van der Waals surface area contributed by atoms with E-state index in [4.69, 9.17) is 0 Å². The lowest BCUT2D eigenvalue weighted by molar-refractivity contribution is 0.661. The van der Waals surface area contributed by atoms with Gasteiger partial charge in [0.15, 0.2) is 0 Å². The van der Waals surface area contributed by atoms with Gasteiger partial charge in [-0.05, 0) is 170 Å². The second-order valence-corrected chi connectivity index (χ2v) is 25.5. The Hall–Kier alpha value is -9.35. The Morgan fingerprint density at radius 1 is 0.475 bits per heavy atom. The molecule has 3 aromatic heterocycles. The summed E-state index contributed by atoms with van der Waals surface area (Å²) in [6, 6.07) is 74.4. The highest BCUT2D eigenvalue weighted by Gasteiger charge is 2.39. The van der Waals surface area contributed by atoms with Crippen LogP contribution in [0.1, 0.15) is 72.6 Å². The lowest BCUT2D eigenvalue weighted by atomic mass is 9.82. The molecule has 0 radical (unpaired) electrons. The number of aromatic nitrogens is 2. The fourth-order valence-corrected chi connectivity index (χ4v) is 16.8. The molecule has 4 heterocycles. The van der Waals surface area contributed by atoms with Crippen molar-refractivity contribution in [3.63, 3.8) is 0 Å². The molecule has 0 N–H and O–H groups in total. The van der Waals surface area contributed by atoms with Gasteiger partial charge < -0.3 is 9.13 Å². The van der Waals surface area contributed by atoms with Gasteiger partial charge in [0.2, 0.25) is 0 Å².